The molecule has 2 aromatic rings. The van der Waals surface area contributed by atoms with Crippen molar-refractivity contribution in [1.82, 2.24) is 15.3 Å². The molecule has 4 heterocycles. The number of methoxy groups -OCH3 is 1. The molecule has 10 heteroatoms. The van der Waals surface area contributed by atoms with Gasteiger partial charge < -0.3 is 24.3 Å². The fourth-order valence-electron chi connectivity index (χ4n) is 4.69. The third kappa shape index (κ3) is 5.28. The van der Waals surface area contributed by atoms with Gasteiger partial charge >= 0.3 is 12.1 Å². The number of nitrogens with one attached hydrogen (secondary N) is 1. The molecule has 0 aromatic carbocycles. The van der Waals surface area contributed by atoms with E-state index in [0.29, 0.717) is 31.2 Å². The van der Waals surface area contributed by atoms with E-state index in [1.807, 2.05) is 20.8 Å². The molecule has 2 bridgehead atoms. The van der Waals surface area contributed by atoms with E-state index in [4.69, 9.17) is 18.9 Å². The van der Waals surface area contributed by atoms with E-state index in [0.717, 1.165) is 6.20 Å². The summed E-state index contributed by atoms with van der Waals surface area (Å²) in [6.45, 7) is 7.47. The zero-order valence-corrected chi connectivity index (χ0v) is 21.3. The highest BCUT2D eigenvalue weighted by Gasteiger charge is 2.50. The predicted octanol–water partition coefficient (Wildman–Crippen LogP) is 4.33. The second-order valence-corrected chi connectivity index (χ2v) is 10.2. The molecule has 0 atom stereocenters. The fraction of sp³-hybridized carbons (Fsp3) is 0.538. The van der Waals surface area contributed by atoms with Crippen LogP contribution in [-0.2, 0) is 19.0 Å². The van der Waals surface area contributed by atoms with E-state index >= 15 is 4.39 Å². The van der Waals surface area contributed by atoms with Gasteiger partial charge in [0.25, 0.3) is 0 Å². The average Bonchev–Trinajstić information content (AvgIpc) is 2.82. The van der Waals surface area contributed by atoms with Gasteiger partial charge in [-0.3, -0.25) is 4.98 Å². The highest BCUT2D eigenvalue weighted by molar-refractivity contribution is 6.19. The number of hydrogen-bond acceptors (Lipinski definition) is 8. The van der Waals surface area contributed by atoms with Crippen LogP contribution in [0.4, 0.5) is 9.18 Å². The number of rotatable bonds is 6. The second kappa shape index (κ2) is 9.65. The number of fused-ring (bicyclic) bond motifs is 4. The van der Waals surface area contributed by atoms with Crippen LogP contribution >= 0.6 is 0 Å². The molecule has 0 radical (unpaired) electrons. The summed E-state index contributed by atoms with van der Waals surface area (Å²) < 4.78 is 37.4. The number of hydrogen-bond donors (Lipinski definition) is 1. The highest BCUT2D eigenvalue weighted by Crippen LogP contribution is 2.46. The largest absolute Gasteiger partial charge is 0.481 e. The normalized spacial score (nSPS) is 23.9. The first-order valence-electron chi connectivity index (χ1n) is 12.0. The van der Waals surface area contributed by atoms with Gasteiger partial charge in [0.1, 0.15) is 11.1 Å². The van der Waals surface area contributed by atoms with Crippen LogP contribution in [0.15, 0.2) is 24.4 Å². The van der Waals surface area contributed by atoms with Crippen molar-refractivity contribution in [2.75, 3.05) is 20.3 Å². The maximum Gasteiger partial charge on any atom is 0.408 e. The molecule has 2 aliphatic heterocycles. The Morgan fingerprint density at radius 3 is 2.53 bits per heavy atom. The maximum atomic E-state index is 15.2. The number of ether oxygens (including phenoxy) is 4. The van der Waals surface area contributed by atoms with Gasteiger partial charge in [-0.2, -0.15) is 0 Å². The van der Waals surface area contributed by atoms with Crippen molar-refractivity contribution < 1.29 is 32.9 Å². The zero-order valence-electron chi connectivity index (χ0n) is 21.3. The number of nitrogens with zero attached hydrogens (tertiary/aromatic N) is 2. The van der Waals surface area contributed by atoms with Crippen LogP contribution in [0.1, 0.15) is 58.9 Å². The summed E-state index contributed by atoms with van der Waals surface area (Å²) in [6, 6.07) is 3.27. The number of halogens is 1. The monoisotopic (exact) mass is 501 g/mol. The predicted molar refractivity (Wildman–Crippen MR) is 130 cm³/mol. The zero-order chi connectivity index (χ0) is 26.1. The van der Waals surface area contributed by atoms with E-state index < -0.39 is 34.6 Å². The molecule has 0 unspecified atom stereocenters. The number of esters is 1. The quantitative estimate of drug-likeness (QED) is 0.460. The van der Waals surface area contributed by atoms with Gasteiger partial charge in [0.2, 0.25) is 5.88 Å². The van der Waals surface area contributed by atoms with Crippen molar-refractivity contribution in [2.24, 2.45) is 0 Å². The Hall–Kier alpha value is -3.27. The van der Waals surface area contributed by atoms with Crippen molar-refractivity contribution in [3.05, 3.63) is 35.8 Å². The van der Waals surface area contributed by atoms with Gasteiger partial charge in [-0.25, -0.2) is 19.0 Å². The lowest BCUT2D eigenvalue weighted by atomic mass is 9.70. The Balaban J connectivity index is 1.69. The maximum absolute atomic E-state index is 15.2. The van der Waals surface area contributed by atoms with Crippen LogP contribution in [-0.4, -0.2) is 59.1 Å². The standard InChI is InChI=1S/C26H32FN3O6/c1-6-34-22(31)16(20-17(27)14-28-18-7-8-19(33-5)29-21(18)20)13-26-11-9-25(10-12-26,15-35-26)30-23(32)36-24(2,3)4/h7-8,13-14H,6,9-12,15H2,1-5H3,(H,30,32)/b16-13+. The fourth-order valence-corrected chi connectivity index (χ4v) is 4.69. The molecule has 0 spiro atoms. The molecule has 5 rings (SSSR count). The molecule has 3 aliphatic rings. The summed E-state index contributed by atoms with van der Waals surface area (Å²) in [4.78, 5) is 34.0. The van der Waals surface area contributed by atoms with Gasteiger partial charge in [-0.15, -0.1) is 0 Å². The number of carbonyl (C=O) groups is 2. The Morgan fingerprint density at radius 1 is 1.22 bits per heavy atom. The average molecular weight is 502 g/mol. The molecule has 1 amide bonds. The lowest BCUT2D eigenvalue weighted by Crippen LogP contribution is -2.62. The molecule has 1 N–H and O–H groups in total. The molecule has 36 heavy (non-hydrogen) atoms. The van der Waals surface area contributed by atoms with Crippen molar-refractivity contribution >= 4 is 28.7 Å². The number of pyridine rings is 2. The highest BCUT2D eigenvalue weighted by atomic mass is 19.1. The first kappa shape index (κ1) is 25.8. The number of alkyl carbamates (subject to hydrolysis) is 1. The molecule has 9 nitrogen and oxygen atoms in total. The molecule has 2 saturated heterocycles. The number of aromatic nitrogens is 2. The third-order valence-corrected chi connectivity index (χ3v) is 6.48. The minimum Gasteiger partial charge on any atom is -0.481 e. The van der Waals surface area contributed by atoms with Crippen molar-refractivity contribution in [2.45, 2.75) is 70.1 Å². The summed E-state index contributed by atoms with van der Waals surface area (Å²) in [5.74, 6) is -1.12. The summed E-state index contributed by atoms with van der Waals surface area (Å²) in [5.41, 5.74) is -1.36. The first-order chi connectivity index (χ1) is 17.0. The molecule has 1 aliphatic carbocycles. The summed E-state index contributed by atoms with van der Waals surface area (Å²) >= 11 is 0. The molecule has 2 aromatic heterocycles. The first-order valence-corrected chi connectivity index (χ1v) is 12.0. The van der Waals surface area contributed by atoms with Crippen molar-refractivity contribution in [3.8, 4) is 5.88 Å². The summed E-state index contributed by atoms with van der Waals surface area (Å²) in [5, 5.41) is 2.98. The van der Waals surface area contributed by atoms with Crippen LogP contribution in [0, 0.1) is 5.82 Å². The minimum atomic E-state index is -0.819. The minimum absolute atomic E-state index is 0.00962. The lowest BCUT2D eigenvalue weighted by Gasteiger charge is -2.52. The van der Waals surface area contributed by atoms with E-state index in [-0.39, 0.29) is 35.7 Å². The van der Waals surface area contributed by atoms with Gasteiger partial charge in [0.15, 0.2) is 5.82 Å². The van der Waals surface area contributed by atoms with Crippen LogP contribution in [0.25, 0.3) is 16.6 Å². The lowest BCUT2D eigenvalue weighted by molar-refractivity contribution is -0.138. The van der Waals surface area contributed by atoms with E-state index in [1.165, 1.54) is 7.11 Å². The Kier molecular flexibility index (Phi) is 6.92. The molecule has 1 saturated carbocycles. The molecule has 194 valence electrons. The van der Waals surface area contributed by atoms with Crippen molar-refractivity contribution in [1.29, 1.82) is 0 Å². The van der Waals surface area contributed by atoms with Crippen LogP contribution in [0.3, 0.4) is 0 Å². The van der Waals surface area contributed by atoms with Crippen LogP contribution < -0.4 is 10.1 Å². The summed E-state index contributed by atoms with van der Waals surface area (Å²) in [7, 11) is 1.46. The molecular weight excluding hydrogens is 469 g/mol. The second-order valence-electron chi connectivity index (χ2n) is 10.2. The Morgan fingerprint density at radius 2 is 1.94 bits per heavy atom. The van der Waals surface area contributed by atoms with E-state index in [1.54, 1.807) is 25.1 Å². The number of amides is 1. The Labute approximate surface area is 209 Å². The van der Waals surface area contributed by atoms with Gasteiger partial charge in [-0.1, -0.05) is 0 Å². The SMILES string of the molecule is CCOC(=O)/C(=C/C12CCC(NC(=O)OC(C)(C)C)(CC1)CO2)c1c(F)cnc2ccc(OC)nc12. The van der Waals surface area contributed by atoms with Crippen LogP contribution in [0.5, 0.6) is 5.88 Å². The van der Waals surface area contributed by atoms with Gasteiger partial charge in [-0.05, 0) is 65.5 Å². The topological polar surface area (TPSA) is 109 Å². The summed E-state index contributed by atoms with van der Waals surface area (Å²) in [6.07, 6.45) is 4.50. The van der Waals surface area contributed by atoms with Crippen LogP contribution in [0.2, 0.25) is 0 Å². The smallest absolute Gasteiger partial charge is 0.408 e. The van der Waals surface area contributed by atoms with E-state index in [9.17, 15) is 9.59 Å². The Bertz CT molecular complexity index is 1180. The molecule has 3 fully saturated rings. The van der Waals surface area contributed by atoms with Gasteiger partial charge in [0, 0.05) is 6.07 Å². The van der Waals surface area contributed by atoms with Gasteiger partial charge in [0.05, 0.1) is 54.3 Å². The third-order valence-electron chi connectivity index (χ3n) is 6.48. The molecular formula is C26H32FN3O6. The van der Waals surface area contributed by atoms with Crippen molar-refractivity contribution in [3.63, 3.8) is 0 Å². The van der Waals surface area contributed by atoms with E-state index in [2.05, 4.69) is 15.3 Å². The number of carbonyl (C=O) groups excluding carboxylic acids is 2.